The number of anilines is 1. The summed E-state index contributed by atoms with van der Waals surface area (Å²) >= 11 is 1.15. The molecule has 0 atom stereocenters. The Bertz CT molecular complexity index is 1040. The minimum atomic E-state index is -3.60. The van der Waals surface area contributed by atoms with Gasteiger partial charge in [0.25, 0.3) is 10.0 Å². The summed E-state index contributed by atoms with van der Waals surface area (Å²) < 4.78 is 33.0. The van der Waals surface area contributed by atoms with E-state index in [9.17, 15) is 8.42 Å². The third kappa shape index (κ3) is 3.79. The van der Waals surface area contributed by atoms with Gasteiger partial charge >= 0.3 is 0 Å². The van der Waals surface area contributed by atoms with Gasteiger partial charge in [-0.3, -0.25) is 4.72 Å². The molecule has 0 radical (unpaired) electrons. The maximum absolute atomic E-state index is 12.3. The van der Waals surface area contributed by atoms with Crippen LogP contribution in [-0.2, 0) is 10.0 Å². The molecule has 3 aromatic rings. The maximum atomic E-state index is 12.3. The molecule has 0 bridgehead atoms. The fraction of sp³-hybridized carbons (Fsp3) is 0.0588. The largest absolute Gasteiger partial charge is 0.438 e. The van der Waals surface area contributed by atoms with Crippen molar-refractivity contribution in [3.63, 3.8) is 0 Å². The molecule has 25 heavy (non-hydrogen) atoms. The van der Waals surface area contributed by atoms with Gasteiger partial charge in [-0.25, -0.2) is 13.4 Å². The first-order chi connectivity index (χ1) is 12.0. The highest BCUT2D eigenvalue weighted by atomic mass is 32.2. The van der Waals surface area contributed by atoms with Crippen LogP contribution in [0.2, 0.25) is 0 Å². The normalized spacial score (nSPS) is 10.9. The Morgan fingerprint density at radius 3 is 2.76 bits per heavy atom. The van der Waals surface area contributed by atoms with Gasteiger partial charge < -0.3 is 4.74 Å². The predicted octanol–water partition coefficient (Wildman–Crippen LogP) is 3.92. The third-order valence-corrected chi connectivity index (χ3v) is 6.07. The highest BCUT2D eigenvalue weighted by Gasteiger charge is 2.16. The van der Waals surface area contributed by atoms with E-state index in [-0.39, 0.29) is 10.1 Å². The number of nitrogens with zero attached hydrogens (tertiary/aromatic N) is 2. The molecule has 1 aromatic carbocycles. The summed E-state index contributed by atoms with van der Waals surface area (Å²) in [4.78, 5) is 4.04. The zero-order valence-corrected chi connectivity index (χ0v) is 14.8. The molecule has 3 rings (SSSR count). The fourth-order valence-corrected chi connectivity index (χ4v) is 4.22. The third-order valence-electron chi connectivity index (χ3n) is 3.31. The molecule has 0 aliphatic heterocycles. The van der Waals surface area contributed by atoms with Gasteiger partial charge in [-0.15, -0.1) is 11.3 Å². The van der Waals surface area contributed by atoms with Crippen molar-refractivity contribution in [1.82, 2.24) is 4.98 Å². The number of hydrogen-bond acceptors (Lipinski definition) is 6. The average molecular weight is 371 g/mol. The minimum absolute atomic E-state index is 0.205. The van der Waals surface area contributed by atoms with E-state index >= 15 is 0 Å². The molecule has 0 saturated heterocycles. The Morgan fingerprint density at radius 2 is 2.08 bits per heavy atom. The van der Waals surface area contributed by atoms with Crippen molar-refractivity contribution in [3.05, 3.63) is 65.2 Å². The molecule has 0 amide bonds. The van der Waals surface area contributed by atoms with Crippen LogP contribution in [0.15, 0.2) is 58.3 Å². The number of ether oxygens (including phenoxy) is 1. The molecule has 6 nitrogen and oxygen atoms in total. The summed E-state index contributed by atoms with van der Waals surface area (Å²) in [6, 6.07) is 13.4. The van der Waals surface area contributed by atoms with E-state index in [1.165, 1.54) is 6.20 Å². The van der Waals surface area contributed by atoms with Crippen LogP contribution < -0.4 is 9.46 Å². The minimum Gasteiger partial charge on any atom is -0.438 e. The van der Waals surface area contributed by atoms with Gasteiger partial charge in [0.1, 0.15) is 21.6 Å². The molecule has 2 aromatic heterocycles. The van der Waals surface area contributed by atoms with Gasteiger partial charge in [0.2, 0.25) is 5.88 Å². The van der Waals surface area contributed by atoms with Gasteiger partial charge in [0, 0.05) is 6.20 Å². The zero-order chi connectivity index (χ0) is 17.9. The number of pyridine rings is 1. The number of aromatic nitrogens is 1. The molecule has 0 fully saturated rings. The number of thiophene rings is 1. The quantitative estimate of drug-likeness (QED) is 0.734. The smallest absolute Gasteiger partial charge is 0.271 e. The molecule has 2 heterocycles. The highest BCUT2D eigenvalue weighted by molar-refractivity contribution is 7.94. The second-order valence-corrected chi connectivity index (χ2v) is 7.94. The van der Waals surface area contributed by atoms with E-state index < -0.39 is 10.0 Å². The molecular formula is C17H13N3O3S2. The SMILES string of the molecule is Cc1cc(Oc2ncccc2C#N)ccc1NS(=O)(=O)c1cccs1. The molecule has 8 heteroatoms. The Hall–Kier alpha value is -2.89. The van der Waals surface area contributed by atoms with Crippen molar-refractivity contribution >= 4 is 27.0 Å². The van der Waals surface area contributed by atoms with Crippen molar-refractivity contribution in [3.8, 4) is 17.7 Å². The van der Waals surface area contributed by atoms with Crippen LogP contribution >= 0.6 is 11.3 Å². The second kappa shape index (κ2) is 6.93. The number of sulfonamides is 1. The number of hydrogen-bond donors (Lipinski definition) is 1. The van der Waals surface area contributed by atoms with E-state index in [1.807, 2.05) is 6.07 Å². The van der Waals surface area contributed by atoms with Crippen molar-refractivity contribution < 1.29 is 13.2 Å². The maximum Gasteiger partial charge on any atom is 0.271 e. The summed E-state index contributed by atoms with van der Waals surface area (Å²) in [6.07, 6.45) is 1.53. The fourth-order valence-electron chi connectivity index (χ4n) is 2.09. The van der Waals surface area contributed by atoms with Gasteiger partial charge in [0.15, 0.2) is 0 Å². The summed E-state index contributed by atoms with van der Waals surface area (Å²) in [7, 11) is -3.60. The average Bonchev–Trinajstić information content (AvgIpc) is 3.13. The summed E-state index contributed by atoms with van der Waals surface area (Å²) in [5, 5.41) is 10.8. The van der Waals surface area contributed by atoms with Gasteiger partial charge in [-0.05, 0) is 54.3 Å². The molecule has 0 unspecified atom stereocenters. The first-order valence-corrected chi connectivity index (χ1v) is 9.56. The van der Waals surface area contributed by atoms with Gasteiger partial charge in [-0.1, -0.05) is 6.07 Å². The van der Waals surface area contributed by atoms with E-state index in [0.717, 1.165) is 11.3 Å². The number of nitriles is 1. The van der Waals surface area contributed by atoms with Crippen LogP contribution in [0, 0.1) is 18.3 Å². The molecule has 0 saturated carbocycles. The predicted molar refractivity (Wildman–Crippen MR) is 95.3 cm³/mol. The van der Waals surface area contributed by atoms with Crippen LogP contribution in [-0.4, -0.2) is 13.4 Å². The number of aryl methyl sites for hydroxylation is 1. The van der Waals surface area contributed by atoms with Crippen molar-refractivity contribution in [2.24, 2.45) is 0 Å². The lowest BCUT2D eigenvalue weighted by atomic mass is 10.2. The van der Waals surface area contributed by atoms with Crippen molar-refractivity contribution in [1.29, 1.82) is 5.26 Å². The molecule has 0 spiro atoms. The van der Waals surface area contributed by atoms with Crippen LogP contribution in [0.3, 0.4) is 0 Å². The standard InChI is InChI=1S/C17H13N3O3S2/c1-12-10-14(23-17-13(11-18)4-2-8-19-17)6-7-15(12)20-25(21,22)16-5-3-9-24-16/h2-10,20H,1H3. The summed E-state index contributed by atoms with van der Waals surface area (Å²) in [6.45, 7) is 1.77. The van der Waals surface area contributed by atoms with Crippen LogP contribution in [0.1, 0.15) is 11.1 Å². The van der Waals surface area contributed by atoms with Crippen molar-refractivity contribution in [2.45, 2.75) is 11.1 Å². The van der Waals surface area contributed by atoms with Crippen LogP contribution in [0.25, 0.3) is 0 Å². The first kappa shape index (κ1) is 17.0. The Morgan fingerprint density at radius 1 is 1.24 bits per heavy atom. The lowest BCUT2D eigenvalue weighted by molar-refractivity contribution is 0.461. The van der Waals surface area contributed by atoms with E-state index in [4.69, 9.17) is 10.00 Å². The number of nitrogens with one attached hydrogen (secondary N) is 1. The first-order valence-electron chi connectivity index (χ1n) is 7.19. The van der Waals surface area contributed by atoms with Crippen LogP contribution in [0.5, 0.6) is 11.6 Å². The zero-order valence-electron chi connectivity index (χ0n) is 13.1. The Labute approximate surface area is 149 Å². The lowest BCUT2D eigenvalue weighted by Gasteiger charge is -2.11. The molecule has 0 aliphatic rings. The van der Waals surface area contributed by atoms with E-state index in [2.05, 4.69) is 9.71 Å². The van der Waals surface area contributed by atoms with Gasteiger partial charge in [0.05, 0.1) is 5.69 Å². The Kier molecular flexibility index (Phi) is 4.70. The number of benzene rings is 1. The lowest BCUT2D eigenvalue weighted by Crippen LogP contribution is -2.12. The monoisotopic (exact) mass is 371 g/mol. The summed E-state index contributed by atoms with van der Waals surface area (Å²) in [5.41, 5.74) is 1.47. The van der Waals surface area contributed by atoms with Gasteiger partial charge in [-0.2, -0.15) is 5.26 Å². The molecule has 126 valence electrons. The second-order valence-electron chi connectivity index (χ2n) is 5.08. The topological polar surface area (TPSA) is 92.1 Å². The highest BCUT2D eigenvalue weighted by Crippen LogP contribution is 2.28. The van der Waals surface area contributed by atoms with E-state index in [0.29, 0.717) is 22.6 Å². The summed E-state index contributed by atoms with van der Waals surface area (Å²) in [5.74, 6) is 0.670. The number of rotatable bonds is 5. The molecular weight excluding hydrogens is 358 g/mol. The van der Waals surface area contributed by atoms with Crippen LogP contribution in [0.4, 0.5) is 5.69 Å². The van der Waals surface area contributed by atoms with E-state index in [1.54, 1.807) is 54.8 Å². The molecule has 1 N–H and O–H groups in total. The Balaban J connectivity index is 1.83. The molecule has 0 aliphatic carbocycles. The van der Waals surface area contributed by atoms with Crippen molar-refractivity contribution in [2.75, 3.05) is 4.72 Å².